The van der Waals surface area contributed by atoms with Gasteiger partial charge in [-0.1, -0.05) is 13.8 Å². The van der Waals surface area contributed by atoms with Crippen LogP contribution in [0.15, 0.2) is 4.99 Å². The SMILES string of the molecule is CC.CC(=O)CCN1CCN=C1C. The van der Waals surface area contributed by atoms with Gasteiger partial charge in [0, 0.05) is 19.5 Å². The van der Waals surface area contributed by atoms with Crippen molar-refractivity contribution in [2.24, 2.45) is 4.99 Å². The third-order valence-corrected chi connectivity index (χ3v) is 1.90. The first-order valence-electron chi connectivity index (χ1n) is 4.95. The van der Waals surface area contributed by atoms with Crippen molar-refractivity contribution in [2.45, 2.75) is 34.1 Å². The third kappa shape index (κ3) is 4.65. The topological polar surface area (TPSA) is 32.7 Å². The summed E-state index contributed by atoms with van der Waals surface area (Å²) in [5.41, 5.74) is 0. The lowest BCUT2D eigenvalue weighted by Gasteiger charge is -2.16. The van der Waals surface area contributed by atoms with Crippen LogP contribution in [0.1, 0.15) is 34.1 Å². The summed E-state index contributed by atoms with van der Waals surface area (Å²) in [6, 6.07) is 0. The van der Waals surface area contributed by atoms with Crippen LogP contribution in [0.2, 0.25) is 0 Å². The Hall–Kier alpha value is -0.860. The second kappa shape index (κ2) is 6.63. The minimum absolute atomic E-state index is 0.254. The van der Waals surface area contributed by atoms with Crippen LogP contribution in [0.5, 0.6) is 0 Å². The fourth-order valence-electron chi connectivity index (χ4n) is 1.16. The molecule has 0 spiro atoms. The quantitative estimate of drug-likeness (QED) is 0.669. The highest BCUT2D eigenvalue weighted by Crippen LogP contribution is 2.01. The van der Waals surface area contributed by atoms with E-state index in [4.69, 9.17) is 0 Å². The zero-order valence-corrected chi connectivity index (χ0v) is 9.13. The van der Waals surface area contributed by atoms with Crippen LogP contribution in [0.3, 0.4) is 0 Å². The van der Waals surface area contributed by atoms with E-state index < -0.39 is 0 Å². The van der Waals surface area contributed by atoms with Crippen molar-refractivity contribution in [3.05, 3.63) is 0 Å². The minimum atomic E-state index is 0.254. The van der Waals surface area contributed by atoms with E-state index in [1.54, 1.807) is 6.92 Å². The maximum absolute atomic E-state index is 10.6. The highest BCUT2D eigenvalue weighted by atomic mass is 16.1. The maximum atomic E-state index is 10.6. The Bertz CT molecular complexity index is 187. The number of nitrogens with zero attached hydrogens (tertiary/aromatic N) is 2. The summed E-state index contributed by atoms with van der Waals surface area (Å²) >= 11 is 0. The highest BCUT2D eigenvalue weighted by Gasteiger charge is 2.11. The van der Waals surface area contributed by atoms with E-state index in [1.165, 1.54) is 0 Å². The molecule has 1 heterocycles. The number of rotatable bonds is 3. The van der Waals surface area contributed by atoms with Crippen LogP contribution in [0.25, 0.3) is 0 Å². The monoisotopic (exact) mass is 184 g/mol. The first kappa shape index (κ1) is 12.1. The number of hydrogen-bond donors (Lipinski definition) is 0. The van der Waals surface area contributed by atoms with Crippen molar-refractivity contribution in [3.8, 4) is 0 Å². The number of amidine groups is 1. The molecule has 1 rings (SSSR count). The summed E-state index contributed by atoms with van der Waals surface area (Å²) in [7, 11) is 0. The van der Waals surface area contributed by atoms with Crippen LogP contribution in [0, 0.1) is 0 Å². The Labute approximate surface area is 80.8 Å². The number of hydrogen-bond acceptors (Lipinski definition) is 3. The molecule has 0 saturated carbocycles. The molecule has 0 aromatic heterocycles. The summed E-state index contributed by atoms with van der Waals surface area (Å²) in [6.07, 6.45) is 0.646. The Morgan fingerprint density at radius 1 is 1.54 bits per heavy atom. The second-order valence-electron chi connectivity index (χ2n) is 2.87. The molecule has 0 N–H and O–H groups in total. The predicted molar refractivity (Wildman–Crippen MR) is 56.2 cm³/mol. The first-order chi connectivity index (χ1) is 6.20. The van der Waals surface area contributed by atoms with Gasteiger partial charge >= 0.3 is 0 Å². The average Bonchev–Trinajstić information content (AvgIpc) is 2.51. The molecule has 76 valence electrons. The van der Waals surface area contributed by atoms with Crippen LogP contribution >= 0.6 is 0 Å². The zero-order valence-electron chi connectivity index (χ0n) is 9.13. The lowest BCUT2D eigenvalue weighted by molar-refractivity contribution is -0.117. The molecule has 0 bridgehead atoms. The van der Waals surface area contributed by atoms with Gasteiger partial charge < -0.3 is 4.90 Å². The Kier molecular flexibility index (Phi) is 6.20. The molecule has 0 atom stereocenters. The molecule has 13 heavy (non-hydrogen) atoms. The van der Waals surface area contributed by atoms with E-state index in [2.05, 4.69) is 9.89 Å². The number of carbonyl (C=O) groups is 1. The van der Waals surface area contributed by atoms with Crippen molar-refractivity contribution < 1.29 is 4.79 Å². The van der Waals surface area contributed by atoms with Crippen molar-refractivity contribution in [2.75, 3.05) is 19.6 Å². The van der Waals surface area contributed by atoms with E-state index in [9.17, 15) is 4.79 Å². The van der Waals surface area contributed by atoms with E-state index in [-0.39, 0.29) is 5.78 Å². The van der Waals surface area contributed by atoms with Gasteiger partial charge in [0.15, 0.2) is 0 Å². The molecule has 1 aliphatic rings. The van der Waals surface area contributed by atoms with Gasteiger partial charge in [-0.05, 0) is 13.8 Å². The predicted octanol–water partition coefficient (Wildman–Crippen LogP) is 1.73. The van der Waals surface area contributed by atoms with Gasteiger partial charge in [-0.3, -0.25) is 9.79 Å². The molecule has 3 nitrogen and oxygen atoms in total. The van der Waals surface area contributed by atoms with Gasteiger partial charge in [0.1, 0.15) is 5.78 Å². The Balaban J connectivity index is 0.000000671. The molecule has 3 heteroatoms. The van der Waals surface area contributed by atoms with E-state index >= 15 is 0 Å². The smallest absolute Gasteiger partial charge is 0.131 e. The summed E-state index contributed by atoms with van der Waals surface area (Å²) < 4.78 is 0. The molecule has 0 fully saturated rings. The van der Waals surface area contributed by atoms with Gasteiger partial charge in [0.05, 0.1) is 12.4 Å². The molecule has 0 aromatic carbocycles. The lowest BCUT2D eigenvalue weighted by atomic mass is 10.3. The Morgan fingerprint density at radius 2 is 2.15 bits per heavy atom. The lowest BCUT2D eigenvalue weighted by Crippen LogP contribution is -2.27. The van der Waals surface area contributed by atoms with Gasteiger partial charge in [0.25, 0.3) is 0 Å². The molecule has 0 saturated heterocycles. The van der Waals surface area contributed by atoms with E-state index in [1.807, 2.05) is 20.8 Å². The van der Waals surface area contributed by atoms with E-state index in [0.29, 0.717) is 6.42 Å². The molecule has 0 amide bonds. The van der Waals surface area contributed by atoms with Gasteiger partial charge in [-0.25, -0.2) is 0 Å². The largest absolute Gasteiger partial charge is 0.358 e. The van der Waals surface area contributed by atoms with Crippen LogP contribution in [0.4, 0.5) is 0 Å². The third-order valence-electron chi connectivity index (χ3n) is 1.90. The highest BCUT2D eigenvalue weighted by molar-refractivity contribution is 5.82. The molecule has 0 radical (unpaired) electrons. The number of Topliss-reactive ketones (excluding diaryl/α,β-unsaturated/α-hetero) is 1. The first-order valence-corrected chi connectivity index (χ1v) is 4.95. The zero-order chi connectivity index (χ0) is 10.3. The second-order valence-corrected chi connectivity index (χ2v) is 2.87. The maximum Gasteiger partial charge on any atom is 0.131 e. The van der Waals surface area contributed by atoms with Crippen LogP contribution < -0.4 is 0 Å². The van der Waals surface area contributed by atoms with Gasteiger partial charge in [-0.15, -0.1) is 0 Å². The summed E-state index contributed by atoms with van der Waals surface area (Å²) in [6.45, 7) is 10.3. The standard InChI is InChI=1S/C8H14N2O.C2H6/c1-7(11)3-5-10-6-4-9-8(10)2;1-2/h3-6H2,1-2H3;1-2H3. The molecular weight excluding hydrogens is 164 g/mol. The number of aliphatic imine (C=N–C) groups is 1. The minimum Gasteiger partial charge on any atom is -0.358 e. The molecular formula is C10H20N2O. The van der Waals surface area contributed by atoms with Crippen molar-refractivity contribution in [1.82, 2.24) is 4.90 Å². The number of ketones is 1. The van der Waals surface area contributed by atoms with Crippen molar-refractivity contribution >= 4 is 11.6 Å². The molecule has 0 aromatic rings. The molecule has 1 aliphatic heterocycles. The van der Waals surface area contributed by atoms with Crippen LogP contribution in [-0.4, -0.2) is 36.2 Å². The normalized spacial score (nSPS) is 14.8. The van der Waals surface area contributed by atoms with Gasteiger partial charge in [-0.2, -0.15) is 0 Å². The summed E-state index contributed by atoms with van der Waals surface area (Å²) in [5.74, 6) is 1.33. The fourth-order valence-corrected chi connectivity index (χ4v) is 1.16. The summed E-state index contributed by atoms with van der Waals surface area (Å²) in [5, 5.41) is 0. The molecule has 0 unspecified atom stereocenters. The van der Waals surface area contributed by atoms with Crippen molar-refractivity contribution in [3.63, 3.8) is 0 Å². The Morgan fingerprint density at radius 3 is 2.54 bits per heavy atom. The van der Waals surface area contributed by atoms with E-state index in [0.717, 1.165) is 25.5 Å². The van der Waals surface area contributed by atoms with Crippen LogP contribution in [-0.2, 0) is 4.79 Å². The van der Waals surface area contributed by atoms with Crippen molar-refractivity contribution in [1.29, 1.82) is 0 Å². The number of carbonyl (C=O) groups excluding carboxylic acids is 1. The fraction of sp³-hybridized carbons (Fsp3) is 0.800. The average molecular weight is 184 g/mol. The summed E-state index contributed by atoms with van der Waals surface area (Å²) in [4.78, 5) is 17.0. The molecule has 0 aliphatic carbocycles. The van der Waals surface area contributed by atoms with Gasteiger partial charge in [0.2, 0.25) is 0 Å².